The highest BCUT2D eigenvalue weighted by Crippen LogP contribution is 2.23. The maximum Gasteiger partial charge on any atom is 0.240 e. The molecule has 3 rings (SSSR count). The SMILES string of the molecule is CCc1ccccc1N(CC(=O)NCCc1c[nH]c2ccccc12)S(C)(=O)=O. The molecule has 0 saturated heterocycles. The molecule has 0 aliphatic carbocycles. The summed E-state index contributed by atoms with van der Waals surface area (Å²) in [5.74, 6) is -0.323. The van der Waals surface area contributed by atoms with Crippen LogP contribution in [0.25, 0.3) is 10.9 Å². The topological polar surface area (TPSA) is 82.3 Å². The van der Waals surface area contributed by atoms with Gasteiger partial charge in [0.25, 0.3) is 0 Å². The van der Waals surface area contributed by atoms with E-state index < -0.39 is 10.0 Å². The third-order valence-electron chi connectivity index (χ3n) is 4.72. The summed E-state index contributed by atoms with van der Waals surface area (Å²) in [5, 5.41) is 3.97. The summed E-state index contributed by atoms with van der Waals surface area (Å²) >= 11 is 0. The fourth-order valence-electron chi connectivity index (χ4n) is 3.30. The lowest BCUT2D eigenvalue weighted by Crippen LogP contribution is -2.41. The van der Waals surface area contributed by atoms with Crippen molar-refractivity contribution in [2.75, 3.05) is 23.7 Å². The van der Waals surface area contributed by atoms with Gasteiger partial charge in [0.2, 0.25) is 15.9 Å². The van der Waals surface area contributed by atoms with Crippen LogP contribution < -0.4 is 9.62 Å². The van der Waals surface area contributed by atoms with Crippen LogP contribution in [0.1, 0.15) is 18.1 Å². The van der Waals surface area contributed by atoms with E-state index in [2.05, 4.69) is 10.3 Å². The number of amides is 1. The van der Waals surface area contributed by atoms with E-state index in [-0.39, 0.29) is 12.5 Å². The summed E-state index contributed by atoms with van der Waals surface area (Å²) in [5.41, 5.74) is 3.62. The number of hydrogen-bond donors (Lipinski definition) is 2. The third-order valence-corrected chi connectivity index (χ3v) is 5.85. The average Bonchev–Trinajstić information content (AvgIpc) is 3.08. The summed E-state index contributed by atoms with van der Waals surface area (Å²) in [7, 11) is -3.58. The molecule has 1 aromatic heterocycles. The minimum absolute atomic E-state index is 0.232. The van der Waals surface area contributed by atoms with Crippen molar-refractivity contribution in [1.29, 1.82) is 0 Å². The monoisotopic (exact) mass is 399 g/mol. The number of sulfonamides is 1. The largest absolute Gasteiger partial charge is 0.361 e. The molecule has 2 aromatic carbocycles. The summed E-state index contributed by atoms with van der Waals surface area (Å²) in [4.78, 5) is 15.7. The number of H-pyrrole nitrogens is 1. The Morgan fingerprint density at radius 3 is 2.54 bits per heavy atom. The lowest BCUT2D eigenvalue weighted by atomic mass is 10.1. The van der Waals surface area contributed by atoms with Crippen molar-refractivity contribution in [1.82, 2.24) is 10.3 Å². The summed E-state index contributed by atoms with van der Waals surface area (Å²) in [6.07, 6.45) is 4.42. The molecule has 0 aliphatic heterocycles. The number of nitrogens with one attached hydrogen (secondary N) is 2. The molecule has 0 aliphatic rings. The standard InChI is InChI=1S/C21H25N3O3S/c1-3-16-8-4-7-11-20(16)24(28(2,26)27)15-21(25)22-13-12-17-14-23-19-10-6-5-9-18(17)19/h4-11,14,23H,3,12-13,15H2,1-2H3,(H,22,25). The van der Waals surface area contributed by atoms with E-state index in [1.54, 1.807) is 12.1 Å². The number of benzene rings is 2. The van der Waals surface area contributed by atoms with Crippen LogP contribution in [0.15, 0.2) is 54.7 Å². The molecule has 0 spiro atoms. The molecule has 0 atom stereocenters. The van der Waals surface area contributed by atoms with Crippen LogP contribution in [0.5, 0.6) is 0 Å². The Morgan fingerprint density at radius 2 is 1.79 bits per heavy atom. The number of carbonyl (C=O) groups is 1. The zero-order chi connectivity index (χ0) is 20.1. The number of aromatic amines is 1. The maximum absolute atomic E-state index is 12.4. The fraction of sp³-hybridized carbons (Fsp3) is 0.286. The van der Waals surface area contributed by atoms with Crippen LogP contribution in [-0.4, -0.2) is 38.7 Å². The maximum atomic E-state index is 12.4. The molecule has 0 fully saturated rings. The van der Waals surface area contributed by atoms with Crippen molar-refractivity contribution in [2.24, 2.45) is 0 Å². The molecule has 6 nitrogen and oxygen atoms in total. The second-order valence-electron chi connectivity index (χ2n) is 6.71. The van der Waals surface area contributed by atoms with Crippen LogP contribution in [0.3, 0.4) is 0 Å². The fourth-order valence-corrected chi connectivity index (χ4v) is 4.18. The molecule has 7 heteroatoms. The van der Waals surface area contributed by atoms with Crippen molar-refractivity contribution in [2.45, 2.75) is 19.8 Å². The summed E-state index contributed by atoms with van der Waals surface area (Å²) in [6.45, 7) is 2.16. The van der Waals surface area contributed by atoms with Crippen LogP contribution >= 0.6 is 0 Å². The van der Waals surface area contributed by atoms with Gasteiger partial charge in [-0.2, -0.15) is 0 Å². The molecule has 2 N–H and O–H groups in total. The van der Waals surface area contributed by atoms with E-state index in [0.717, 1.165) is 28.3 Å². The quantitative estimate of drug-likeness (QED) is 0.611. The predicted octanol–water partition coefficient (Wildman–Crippen LogP) is 2.86. The highest BCUT2D eigenvalue weighted by atomic mass is 32.2. The van der Waals surface area contributed by atoms with Crippen molar-refractivity contribution in [3.8, 4) is 0 Å². The van der Waals surface area contributed by atoms with Gasteiger partial charge in [0.15, 0.2) is 0 Å². The highest BCUT2D eigenvalue weighted by Gasteiger charge is 2.22. The predicted molar refractivity (Wildman–Crippen MR) is 113 cm³/mol. The molecule has 1 heterocycles. The first-order valence-electron chi connectivity index (χ1n) is 9.27. The van der Waals surface area contributed by atoms with Crippen LogP contribution in [0.4, 0.5) is 5.69 Å². The van der Waals surface area contributed by atoms with Gasteiger partial charge in [-0.1, -0.05) is 43.3 Å². The number of aryl methyl sites for hydroxylation is 1. The van der Waals surface area contributed by atoms with Gasteiger partial charge in [-0.3, -0.25) is 9.10 Å². The van der Waals surface area contributed by atoms with Gasteiger partial charge < -0.3 is 10.3 Å². The zero-order valence-corrected chi connectivity index (χ0v) is 16.9. The number of para-hydroxylation sites is 2. The van der Waals surface area contributed by atoms with Crippen molar-refractivity contribution >= 4 is 32.5 Å². The second kappa shape index (κ2) is 8.48. The number of rotatable bonds is 8. The van der Waals surface area contributed by atoms with Crippen LogP contribution in [0, 0.1) is 0 Å². The Bertz CT molecular complexity index is 1070. The Morgan fingerprint density at radius 1 is 1.07 bits per heavy atom. The highest BCUT2D eigenvalue weighted by molar-refractivity contribution is 7.92. The van der Waals surface area contributed by atoms with Gasteiger partial charge in [-0.05, 0) is 36.1 Å². The number of hydrogen-bond acceptors (Lipinski definition) is 3. The van der Waals surface area contributed by atoms with E-state index in [1.165, 1.54) is 4.31 Å². The molecule has 148 valence electrons. The van der Waals surface area contributed by atoms with Gasteiger partial charge in [-0.15, -0.1) is 0 Å². The van der Waals surface area contributed by atoms with E-state index in [4.69, 9.17) is 0 Å². The molecule has 0 radical (unpaired) electrons. The van der Waals surface area contributed by atoms with E-state index in [1.807, 2.05) is 49.5 Å². The Labute approximate surface area is 165 Å². The average molecular weight is 400 g/mol. The van der Waals surface area contributed by atoms with Gasteiger partial charge in [-0.25, -0.2) is 8.42 Å². The van der Waals surface area contributed by atoms with Gasteiger partial charge in [0, 0.05) is 23.6 Å². The van der Waals surface area contributed by atoms with Gasteiger partial charge >= 0.3 is 0 Å². The molecule has 0 unspecified atom stereocenters. The van der Waals surface area contributed by atoms with Crippen LogP contribution in [0.2, 0.25) is 0 Å². The molecule has 1 amide bonds. The number of carbonyl (C=O) groups excluding carboxylic acids is 1. The van der Waals surface area contributed by atoms with Gasteiger partial charge in [0.1, 0.15) is 6.54 Å². The Kier molecular flexibility index (Phi) is 6.04. The third kappa shape index (κ3) is 4.54. The summed E-state index contributed by atoms with van der Waals surface area (Å²) in [6, 6.07) is 15.3. The van der Waals surface area contributed by atoms with E-state index >= 15 is 0 Å². The molecular formula is C21H25N3O3S. The van der Waals surface area contributed by atoms with Crippen molar-refractivity contribution in [3.63, 3.8) is 0 Å². The first kappa shape index (κ1) is 19.9. The van der Waals surface area contributed by atoms with Crippen LogP contribution in [-0.2, 0) is 27.7 Å². The molecule has 3 aromatic rings. The number of anilines is 1. The van der Waals surface area contributed by atoms with Crippen molar-refractivity contribution in [3.05, 3.63) is 65.9 Å². The van der Waals surface area contributed by atoms with Gasteiger partial charge in [0.05, 0.1) is 11.9 Å². The zero-order valence-electron chi connectivity index (χ0n) is 16.1. The first-order chi connectivity index (χ1) is 13.4. The molecule has 28 heavy (non-hydrogen) atoms. The molecular weight excluding hydrogens is 374 g/mol. The minimum atomic E-state index is -3.58. The smallest absolute Gasteiger partial charge is 0.240 e. The van der Waals surface area contributed by atoms with Crippen molar-refractivity contribution < 1.29 is 13.2 Å². The number of fused-ring (bicyclic) bond motifs is 1. The Balaban J connectivity index is 1.66. The molecule has 0 saturated carbocycles. The lowest BCUT2D eigenvalue weighted by Gasteiger charge is -2.24. The second-order valence-corrected chi connectivity index (χ2v) is 8.62. The first-order valence-corrected chi connectivity index (χ1v) is 11.1. The van der Waals surface area contributed by atoms with E-state index in [9.17, 15) is 13.2 Å². The summed E-state index contributed by atoms with van der Waals surface area (Å²) < 4.78 is 25.7. The molecule has 0 bridgehead atoms. The minimum Gasteiger partial charge on any atom is -0.361 e. The van der Waals surface area contributed by atoms with E-state index in [0.29, 0.717) is 25.1 Å². The Hall–Kier alpha value is -2.80. The number of aromatic nitrogens is 1. The normalized spacial score (nSPS) is 11.5. The lowest BCUT2D eigenvalue weighted by molar-refractivity contribution is -0.119. The number of nitrogens with zero attached hydrogens (tertiary/aromatic N) is 1.